The lowest BCUT2D eigenvalue weighted by Crippen LogP contribution is -2.45. The van der Waals surface area contributed by atoms with E-state index >= 15 is 0 Å². The number of halogens is 1. The van der Waals surface area contributed by atoms with Crippen LogP contribution in [-0.2, 0) is 10.0 Å². The van der Waals surface area contributed by atoms with Crippen LogP contribution in [0, 0.1) is 10.1 Å². The van der Waals surface area contributed by atoms with Crippen LogP contribution in [0.25, 0.3) is 0 Å². The molecule has 0 heterocycles. The summed E-state index contributed by atoms with van der Waals surface area (Å²) >= 11 is 5.90. The number of nitrogens with zero attached hydrogens (tertiary/aromatic N) is 2. The predicted molar refractivity (Wildman–Crippen MR) is 76.7 cm³/mol. The van der Waals surface area contributed by atoms with Crippen LogP contribution in [0.4, 0.5) is 5.69 Å². The number of aliphatic hydroxyl groups excluding tert-OH is 1. The van der Waals surface area contributed by atoms with Crippen molar-refractivity contribution in [1.29, 1.82) is 0 Å². The fourth-order valence-corrected chi connectivity index (χ4v) is 4.37. The van der Waals surface area contributed by atoms with Gasteiger partial charge in [0.05, 0.1) is 16.6 Å². The standard InChI is InChI=1S/C12H15ClN2O5S/c13-11-5-4-10(15(17)18)8-12(11)21(19,20)14(6-7-16)9-2-1-3-9/h4-5,8-9,16H,1-3,6-7H2. The van der Waals surface area contributed by atoms with Crippen LogP contribution in [0.15, 0.2) is 23.1 Å². The van der Waals surface area contributed by atoms with Gasteiger partial charge in [-0.05, 0) is 18.9 Å². The third-order valence-electron chi connectivity index (χ3n) is 3.51. The van der Waals surface area contributed by atoms with Gasteiger partial charge in [-0.15, -0.1) is 0 Å². The highest BCUT2D eigenvalue weighted by atomic mass is 35.5. The Kier molecular flexibility index (Phi) is 4.82. The van der Waals surface area contributed by atoms with Gasteiger partial charge in [-0.2, -0.15) is 4.31 Å². The molecule has 0 atom stereocenters. The summed E-state index contributed by atoms with van der Waals surface area (Å²) < 4.78 is 26.5. The van der Waals surface area contributed by atoms with E-state index in [1.165, 1.54) is 10.4 Å². The second kappa shape index (κ2) is 6.27. The number of benzene rings is 1. The predicted octanol–water partition coefficient (Wildman–Crippen LogP) is 1.78. The van der Waals surface area contributed by atoms with Gasteiger partial charge in [0.15, 0.2) is 0 Å². The lowest BCUT2D eigenvalue weighted by atomic mass is 9.93. The van der Waals surface area contributed by atoms with E-state index in [1.54, 1.807) is 0 Å². The number of non-ortho nitro benzene ring substituents is 1. The van der Waals surface area contributed by atoms with Crippen LogP contribution in [0.1, 0.15) is 19.3 Å². The van der Waals surface area contributed by atoms with Gasteiger partial charge in [-0.3, -0.25) is 10.1 Å². The first-order valence-corrected chi connectivity index (χ1v) is 8.26. The largest absolute Gasteiger partial charge is 0.395 e. The minimum atomic E-state index is -3.97. The van der Waals surface area contributed by atoms with Crippen LogP contribution in [0.5, 0.6) is 0 Å². The molecule has 1 N–H and O–H groups in total. The third-order valence-corrected chi connectivity index (χ3v) is 5.95. The molecule has 1 saturated carbocycles. The zero-order valence-electron chi connectivity index (χ0n) is 11.1. The van der Waals surface area contributed by atoms with Crippen molar-refractivity contribution in [1.82, 2.24) is 4.31 Å². The first kappa shape index (κ1) is 16.2. The second-order valence-electron chi connectivity index (χ2n) is 4.80. The molecule has 0 aromatic heterocycles. The second-order valence-corrected chi connectivity index (χ2v) is 7.06. The van der Waals surface area contributed by atoms with Gasteiger partial charge in [0.1, 0.15) is 4.90 Å². The maximum absolute atomic E-state index is 12.7. The van der Waals surface area contributed by atoms with E-state index in [0.29, 0.717) is 12.8 Å². The fraction of sp³-hybridized carbons (Fsp3) is 0.500. The Bertz CT molecular complexity index is 645. The molecule has 9 heteroatoms. The molecule has 2 rings (SSSR count). The molecule has 0 bridgehead atoms. The van der Waals surface area contributed by atoms with Gasteiger partial charge < -0.3 is 5.11 Å². The Balaban J connectivity index is 2.45. The van der Waals surface area contributed by atoms with E-state index in [4.69, 9.17) is 16.7 Å². The van der Waals surface area contributed by atoms with Gasteiger partial charge in [-0.25, -0.2) is 8.42 Å². The summed E-state index contributed by atoms with van der Waals surface area (Å²) in [7, 11) is -3.97. The number of rotatable bonds is 6. The van der Waals surface area contributed by atoms with Gasteiger partial charge in [0.2, 0.25) is 10.0 Å². The van der Waals surface area contributed by atoms with Gasteiger partial charge >= 0.3 is 0 Å². The Morgan fingerprint density at radius 3 is 2.57 bits per heavy atom. The minimum Gasteiger partial charge on any atom is -0.395 e. The summed E-state index contributed by atoms with van der Waals surface area (Å²) in [6, 6.07) is 3.13. The Hall–Kier alpha value is -1.22. The van der Waals surface area contributed by atoms with Crippen molar-refractivity contribution >= 4 is 27.3 Å². The molecule has 1 fully saturated rings. The fourth-order valence-electron chi connectivity index (χ4n) is 2.20. The molecule has 1 aliphatic carbocycles. The number of hydrogen-bond acceptors (Lipinski definition) is 5. The highest BCUT2D eigenvalue weighted by molar-refractivity contribution is 7.89. The maximum Gasteiger partial charge on any atom is 0.270 e. The zero-order valence-corrected chi connectivity index (χ0v) is 12.7. The van der Waals surface area contributed by atoms with Crippen LogP contribution in [0.3, 0.4) is 0 Å². The van der Waals surface area contributed by atoms with Gasteiger partial charge in [0.25, 0.3) is 5.69 Å². The first-order valence-electron chi connectivity index (χ1n) is 6.44. The van der Waals surface area contributed by atoms with Crippen molar-refractivity contribution in [3.05, 3.63) is 33.3 Å². The molecule has 0 unspecified atom stereocenters. The summed E-state index contributed by atoms with van der Waals surface area (Å²) in [5, 5.41) is 19.8. The Morgan fingerprint density at radius 1 is 1.43 bits per heavy atom. The Labute approximate surface area is 127 Å². The lowest BCUT2D eigenvalue weighted by molar-refractivity contribution is -0.385. The number of aliphatic hydroxyl groups is 1. The van der Waals surface area contributed by atoms with E-state index in [-0.39, 0.29) is 34.8 Å². The molecular formula is C12H15ClN2O5S. The molecule has 0 aliphatic heterocycles. The van der Waals surface area contributed by atoms with E-state index in [2.05, 4.69) is 0 Å². The summed E-state index contributed by atoms with van der Waals surface area (Å²) in [6.45, 7) is -0.367. The minimum absolute atomic E-state index is 0.0496. The lowest BCUT2D eigenvalue weighted by Gasteiger charge is -2.36. The molecule has 1 aromatic carbocycles. The molecule has 21 heavy (non-hydrogen) atoms. The van der Waals surface area contributed by atoms with Crippen LogP contribution >= 0.6 is 11.6 Å². The van der Waals surface area contributed by atoms with E-state index in [9.17, 15) is 18.5 Å². The molecule has 1 aromatic rings. The average molecular weight is 335 g/mol. The normalized spacial score (nSPS) is 16.0. The monoisotopic (exact) mass is 334 g/mol. The number of sulfonamides is 1. The topological polar surface area (TPSA) is 101 Å². The molecule has 1 aliphatic rings. The summed E-state index contributed by atoms with van der Waals surface area (Å²) in [6.07, 6.45) is 2.35. The SMILES string of the molecule is O=[N+]([O-])c1ccc(Cl)c(S(=O)(=O)N(CCO)C2CCC2)c1. The molecule has 116 valence electrons. The van der Waals surface area contributed by atoms with E-state index in [1.807, 2.05) is 0 Å². The van der Waals surface area contributed by atoms with Crippen molar-refractivity contribution < 1.29 is 18.4 Å². The average Bonchev–Trinajstić information content (AvgIpc) is 2.36. The number of nitro benzene ring substituents is 1. The van der Waals surface area contributed by atoms with Crippen LogP contribution in [0.2, 0.25) is 5.02 Å². The van der Waals surface area contributed by atoms with Crippen molar-refractivity contribution in [3.8, 4) is 0 Å². The van der Waals surface area contributed by atoms with Gasteiger partial charge in [-0.1, -0.05) is 18.0 Å². The molecule has 0 saturated heterocycles. The number of hydrogen-bond donors (Lipinski definition) is 1. The molecular weight excluding hydrogens is 320 g/mol. The Morgan fingerprint density at radius 2 is 2.10 bits per heavy atom. The van der Waals surface area contributed by atoms with Crippen molar-refractivity contribution in [2.45, 2.75) is 30.2 Å². The third kappa shape index (κ3) is 3.18. The van der Waals surface area contributed by atoms with E-state index < -0.39 is 14.9 Å². The smallest absolute Gasteiger partial charge is 0.270 e. The van der Waals surface area contributed by atoms with Crippen LogP contribution in [-0.4, -0.2) is 41.9 Å². The van der Waals surface area contributed by atoms with Crippen LogP contribution < -0.4 is 0 Å². The van der Waals surface area contributed by atoms with Crippen molar-refractivity contribution in [2.24, 2.45) is 0 Å². The van der Waals surface area contributed by atoms with Crippen molar-refractivity contribution in [3.63, 3.8) is 0 Å². The molecule has 0 radical (unpaired) electrons. The summed E-state index contributed by atoms with van der Waals surface area (Å²) in [5.41, 5.74) is -0.337. The molecule has 0 spiro atoms. The van der Waals surface area contributed by atoms with Crippen molar-refractivity contribution in [2.75, 3.05) is 13.2 Å². The molecule has 0 amide bonds. The van der Waals surface area contributed by atoms with Gasteiger partial charge in [0, 0.05) is 24.7 Å². The zero-order chi connectivity index (χ0) is 15.6. The van der Waals surface area contributed by atoms with E-state index in [0.717, 1.165) is 18.6 Å². The maximum atomic E-state index is 12.7. The molecule has 7 nitrogen and oxygen atoms in total. The summed E-state index contributed by atoms with van der Waals surface area (Å²) in [4.78, 5) is 9.84. The quantitative estimate of drug-likeness (QED) is 0.631. The summed E-state index contributed by atoms with van der Waals surface area (Å²) in [5.74, 6) is 0. The number of nitro groups is 1. The highest BCUT2D eigenvalue weighted by Crippen LogP contribution is 2.33. The first-order chi connectivity index (χ1) is 9.87. The highest BCUT2D eigenvalue weighted by Gasteiger charge is 2.36.